The minimum absolute atomic E-state index is 0.298. The molecule has 0 saturated carbocycles. The van der Waals surface area contributed by atoms with E-state index in [9.17, 15) is 13.2 Å². The van der Waals surface area contributed by atoms with Crippen LogP contribution in [-0.2, 0) is 14.8 Å². The number of hydrogen-bond acceptors (Lipinski definition) is 4. The topological polar surface area (TPSA) is 66.5 Å². The zero-order chi connectivity index (χ0) is 21.6. The van der Waals surface area contributed by atoms with E-state index in [0.29, 0.717) is 29.4 Å². The van der Waals surface area contributed by atoms with Crippen LogP contribution < -0.4 is 9.62 Å². The molecule has 0 heterocycles. The predicted molar refractivity (Wildman–Crippen MR) is 123 cm³/mol. The zero-order valence-electron chi connectivity index (χ0n) is 17.1. The summed E-state index contributed by atoms with van der Waals surface area (Å²) in [5, 5.41) is 3.55. The molecule has 0 aromatic heterocycles. The number of rotatable bonds is 9. The van der Waals surface area contributed by atoms with E-state index < -0.39 is 16.1 Å². The molecule has 29 heavy (non-hydrogen) atoms. The van der Waals surface area contributed by atoms with Gasteiger partial charge in [0, 0.05) is 22.2 Å². The maximum absolute atomic E-state index is 12.8. The summed E-state index contributed by atoms with van der Waals surface area (Å²) in [6.07, 6.45) is 1.50. The second kappa shape index (κ2) is 10.4. The van der Waals surface area contributed by atoms with Crippen LogP contribution in [-0.4, -0.2) is 38.9 Å². The number of halogens is 1. The molecule has 0 radical (unpaired) electrons. The van der Waals surface area contributed by atoms with Crippen molar-refractivity contribution in [1.29, 1.82) is 0 Å². The molecule has 0 fully saturated rings. The molecule has 0 saturated heterocycles. The van der Waals surface area contributed by atoms with Gasteiger partial charge >= 0.3 is 0 Å². The summed E-state index contributed by atoms with van der Waals surface area (Å²) in [4.78, 5) is 13.9. The molecule has 0 spiro atoms. The second-order valence-electron chi connectivity index (χ2n) is 6.84. The fourth-order valence-corrected chi connectivity index (χ4v) is 5.01. The van der Waals surface area contributed by atoms with Crippen LogP contribution in [0.15, 0.2) is 47.4 Å². The summed E-state index contributed by atoms with van der Waals surface area (Å²) in [5.41, 5.74) is 2.55. The molecule has 2 aromatic rings. The van der Waals surface area contributed by atoms with Gasteiger partial charge in [-0.3, -0.25) is 9.10 Å². The third kappa shape index (κ3) is 6.66. The Hall–Kier alpha value is -1.70. The molecule has 2 rings (SSSR count). The van der Waals surface area contributed by atoms with Gasteiger partial charge < -0.3 is 5.32 Å². The Bertz CT molecular complexity index is 947. The lowest BCUT2D eigenvalue weighted by atomic mass is 10.1. The first-order valence-corrected chi connectivity index (χ1v) is 12.6. The fourth-order valence-electron chi connectivity index (χ4n) is 2.91. The summed E-state index contributed by atoms with van der Waals surface area (Å²) in [6, 6.07) is 12.1. The first kappa shape index (κ1) is 23.6. The molecule has 0 bridgehead atoms. The van der Waals surface area contributed by atoms with E-state index in [1.165, 1.54) is 4.31 Å². The lowest BCUT2D eigenvalue weighted by Gasteiger charge is -2.30. The van der Waals surface area contributed by atoms with Crippen LogP contribution >= 0.6 is 23.4 Å². The van der Waals surface area contributed by atoms with Gasteiger partial charge in [-0.05, 0) is 67.8 Å². The highest BCUT2D eigenvalue weighted by Gasteiger charge is 2.31. The molecule has 0 aliphatic rings. The molecule has 158 valence electrons. The van der Waals surface area contributed by atoms with Crippen molar-refractivity contribution in [3.63, 3.8) is 0 Å². The van der Waals surface area contributed by atoms with Crippen LogP contribution in [0.5, 0.6) is 0 Å². The highest BCUT2D eigenvalue weighted by molar-refractivity contribution is 7.99. The Morgan fingerprint density at radius 2 is 1.79 bits per heavy atom. The number of hydrogen-bond donors (Lipinski definition) is 1. The Labute approximate surface area is 182 Å². The van der Waals surface area contributed by atoms with Gasteiger partial charge in [0.1, 0.15) is 6.04 Å². The number of carbonyl (C=O) groups excluding carboxylic acids is 1. The van der Waals surface area contributed by atoms with Crippen LogP contribution in [0.4, 0.5) is 5.69 Å². The Balaban J connectivity index is 2.07. The van der Waals surface area contributed by atoms with Crippen LogP contribution in [0, 0.1) is 13.8 Å². The Kier molecular flexibility index (Phi) is 8.43. The standard InChI is InChI=1S/C21H27ClN2O3S2/c1-5-20(21(25)23-12-13-28-19-10-7-17(22)8-11-19)24(29(4,26)27)18-9-6-15(2)16(3)14-18/h6-11,14,20H,5,12-13H2,1-4H3,(H,23,25)/t20-/m1/s1. The van der Waals surface area contributed by atoms with E-state index in [1.54, 1.807) is 17.8 Å². The molecule has 1 amide bonds. The fraction of sp³-hybridized carbons (Fsp3) is 0.381. The molecule has 0 unspecified atom stereocenters. The number of sulfonamides is 1. The van der Waals surface area contributed by atoms with Gasteiger partial charge in [-0.15, -0.1) is 11.8 Å². The number of anilines is 1. The third-order valence-electron chi connectivity index (χ3n) is 4.56. The van der Waals surface area contributed by atoms with Gasteiger partial charge in [0.05, 0.1) is 11.9 Å². The van der Waals surface area contributed by atoms with Crippen molar-refractivity contribution >= 4 is 45.0 Å². The highest BCUT2D eigenvalue weighted by atomic mass is 35.5. The van der Waals surface area contributed by atoms with Crippen LogP contribution in [0.1, 0.15) is 24.5 Å². The van der Waals surface area contributed by atoms with Gasteiger partial charge in [0.15, 0.2) is 0 Å². The molecule has 1 N–H and O–H groups in total. The first-order chi connectivity index (χ1) is 13.6. The van der Waals surface area contributed by atoms with Crippen molar-refractivity contribution in [3.05, 3.63) is 58.6 Å². The number of nitrogens with one attached hydrogen (secondary N) is 1. The number of carbonyl (C=O) groups is 1. The van der Waals surface area contributed by atoms with Gasteiger partial charge in [-0.2, -0.15) is 0 Å². The van der Waals surface area contributed by atoms with Gasteiger partial charge in [-0.1, -0.05) is 24.6 Å². The summed E-state index contributed by atoms with van der Waals surface area (Å²) in [5.74, 6) is 0.375. The van der Waals surface area contributed by atoms with Crippen molar-refractivity contribution in [2.75, 3.05) is 22.9 Å². The van der Waals surface area contributed by atoms with Gasteiger partial charge in [0.2, 0.25) is 15.9 Å². The van der Waals surface area contributed by atoms with Gasteiger partial charge in [0.25, 0.3) is 0 Å². The van der Waals surface area contributed by atoms with Crippen molar-refractivity contribution in [2.24, 2.45) is 0 Å². The molecule has 0 aliphatic carbocycles. The number of nitrogens with zero attached hydrogens (tertiary/aromatic N) is 1. The Morgan fingerprint density at radius 1 is 1.14 bits per heavy atom. The number of aryl methyl sites for hydroxylation is 2. The second-order valence-corrected chi connectivity index (χ2v) is 10.3. The minimum Gasteiger partial charge on any atom is -0.353 e. The number of thioether (sulfide) groups is 1. The van der Waals surface area contributed by atoms with Gasteiger partial charge in [-0.25, -0.2) is 8.42 Å². The van der Waals surface area contributed by atoms with E-state index in [2.05, 4.69) is 5.32 Å². The van der Waals surface area contributed by atoms with E-state index in [1.807, 2.05) is 57.2 Å². The van der Waals surface area contributed by atoms with Crippen molar-refractivity contribution < 1.29 is 13.2 Å². The monoisotopic (exact) mass is 454 g/mol. The molecule has 2 aromatic carbocycles. The lowest BCUT2D eigenvalue weighted by Crippen LogP contribution is -2.49. The average Bonchev–Trinajstić information content (AvgIpc) is 2.66. The van der Waals surface area contributed by atoms with Crippen molar-refractivity contribution in [3.8, 4) is 0 Å². The average molecular weight is 455 g/mol. The molecule has 1 atom stereocenters. The maximum atomic E-state index is 12.8. The third-order valence-corrected chi connectivity index (χ3v) is 7.00. The molecule has 0 aliphatic heterocycles. The van der Waals surface area contributed by atoms with E-state index >= 15 is 0 Å². The van der Waals surface area contributed by atoms with E-state index in [-0.39, 0.29) is 5.91 Å². The number of benzene rings is 2. The van der Waals surface area contributed by atoms with E-state index in [0.717, 1.165) is 22.3 Å². The SMILES string of the molecule is CC[C@H](C(=O)NCCSc1ccc(Cl)cc1)N(c1ccc(C)c(C)c1)S(C)(=O)=O. The first-order valence-electron chi connectivity index (χ1n) is 9.36. The maximum Gasteiger partial charge on any atom is 0.243 e. The molecule has 5 nitrogen and oxygen atoms in total. The number of amides is 1. The van der Waals surface area contributed by atoms with Crippen molar-refractivity contribution in [1.82, 2.24) is 5.32 Å². The highest BCUT2D eigenvalue weighted by Crippen LogP contribution is 2.25. The summed E-state index contributed by atoms with van der Waals surface area (Å²) < 4.78 is 26.2. The predicted octanol–water partition coefficient (Wildman–Crippen LogP) is 4.41. The molecular weight excluding hydrogens is 428 g/mol. The van der Waals surface area contributed by atoms with Crippen LogP contribution in [0.25, 0.3) is 0 Å². The molecular formula is C21H27ClN2O3S2. The lowest BCUT2D eigenvalue weighted by molar-refractivity contribution is -0.122. The normalized spacial score (nSPS) is 12.4. The largest absolute Gasteiger partial charge is 0.353 e. The zero-order valence-corrected chi connectivity index (χ0v) is 19.5. The summed E-state index contributed by atoms with van der Waals surface area (Å²) in [6.45, 7) is 6.14. The Morgan fingerprint density at radius 3 is 2.34 bits per heavy atom. The minimum atomic E-state index is -3.63. The quantitative estimate of drug-likeness (QED) is 0.450. The van der Waals surface area contributed by atoms with E-state index in [4.69, 9.17) is 11.6 Å². The van der Waals surface area contributed by atoms with Crippen LogP contribution in [0.2, 0.25) is 5.02 Å². The summed E-state index contributed by atoms with van der Waals surface area (Å²) >= 11 is 7.48. The smallest absolute Gasteiger partial charge is 0.243 e. The summed E-state index contributed by atoms with van der Waals surface area (Å²) in [7, 11) is -3.63. The van der Waals surface area contributed by atoms with Crippen molar-refractivity contribution in [2.45, 2.75) is 38.1 Å². The molecule has 8 heteroatoms. The van der Waals surface area contributed by atoms with Crippen LogP contribution in [0.3, 0.4) is 0 Å².